The minimum absolute atomic E-state index is 0.583. The van der Waals surface area contributed by atoms with Gasteiger partial charge in [0.1, 0.15) is 0 Å². The molecular formula is C10H21N. The highest BCUT2D eigenvalue weighted by Crippen LogP contribution is 2.50. The van der Waals surface area contributed by atoms with Crippen LogP contribution >= 0.6 is 0 Å². The summed E-state index contributed by atoms with van der Waals surface area (Å²) in [5.74, 6) is 1.68. The molecule has 0 spiro atoms. The van der Waals surface area contributed by atoms with Crippen molar-refractivity contribution in [2.24, 2.45) is 23.0 Å². The van der Waals surface area contributed by atoms with E-state index in [2.05, 4.69) is 20.8 Å². The van der Waals surface area contributed by atoms with Gasteiger partial charge in [-0.25, -0.2) is 0 Å². The Morgan fingerprint density at radius 1 is 1.55 bits per heavy atom. The van der Waals surface area contributed by atoms with Gasteiger partial charge < -0.3 is 5.73 Å². The Balaban J connectivity index is 2.46. The van der Waals surface area contributed by atoms with Gasteiger partial charge in [0.25, 0.3) is 0 Å². The normalized spacial score (nSPS) is 31.1. The van der Waals surface area contributed by atoms with Crippen molar-refractivity contribution in [2.75, 3.05) is 6.54 Å². The third-order valence-corrected chi connectivity index (χ3v) is 3.50. The molecule has 0 aromatic carbocycles. The molecule has 1 aliphatic rings. The van der Waals surface area contributed by atoms with E-state index in [1.54, 1.807) is 0 Å². The van der Waals surface area contributed by atoms with E-state index in [9.17, 15) is 0 Å². The Hall–Kier alpha value is -0.0400. The molecule has 1 fully saturated rings. The Morgan fingerprint density at radius 2 is 2.18 bits per heavy atom. The van der Waals surface area contributed by atoms with E-state index >= 15 is 0 Å². The molecule has 11 heavy (non-hydrogen) atoms. The summed E-state index contributed by atoms with van der Waals surface area (Å²) in [5.41, 5.74) is 6.30. The first-order valence-corrected chi connectivity index (χ1v) is 4.82. The predicted octanol–water partition coefficient (Wildman–Crippen LogP) is 2.41. The fourth-order valence-corrected chi connectivity index (χ4v) is 2.38. The molecule has 0 saturated heterocycles. The van der Waals surface area contributed by atoms with E-state index < -0.39 is 0 Å². The lowest BCUT2D eigenvalue weighted by atomic mass is 9.57. The molecule has 1 unspecified atom stereocenters. The highest BCUT2D eigenvalue weighted by atomic mass is 14.6. The zero-order valence-electron chi connectivity index (χ0n) is 8.06. The molecule has 0 bridgehead atoms. The lowest BCUT2D eigenvalue weighted by Crippen LogP contribution is -2.42. The fourth-order valence-electron chi connectivity index (χ4n) is 2.38. The number of hydrogen-bond acceptors (Lipinski definition) is 1. The first-order chi connectivity index (χ1) is 5.11. The van der Waals surface area contributed by atoms with Crippen LogP contribution in [0, 0.1) is 17.3 Å². The summed E-state index contributed by atoms with van der Waals surface area (Å²) in [5, 5.41) is 0. The summed E-state index contributed by atoms with van der Waals surface area (Å²) < 4.78 is 0. The smallest absolute Gasteiger partial charge is 0.00461 e. The van der Waals surface area contributed by atoms with Crippen LogP contribution in [0.3, 0.4) is 0 Å². The molecule has 1 nitrogen and oxygen atoms in total. The van der Waals surface area contributed by atoms with Gasteiger partial charge in [0.15, 0.2) is 0 Å². The van der Waals surface area contributed by atoms with Gasteiger partial charge in [-0.2, -0.15) is 0 Å². The molecule has 2 N–H and O–H groups in total. The zero-order valence-corrected chi connectivity index (χ0v) is 8.06. The monoisotopic (exact) mass is 155 g/mol. The number of rotatable bonds is 3. The van der Waals surface area contributed by atoms with Crippen LogP contribution in [0.15, 0.2) is 0 Å². The average Bonchev–Trinajstić information content (AvgIpc) is 1.98. The Morgan fingerprint density at radius 3 is 2.27 bits per heavy atom. The quantitative estimate of drug-likeness (QED) is 0.665. The fraction of sp³-hybridized carbons (Fsp3) is 1.00. The molecule has 0 amide bonds. The number of hydrogen-bond donors (Lipinski definition) is 1. The molecule has 2 atom stereocenters. The SMILES string of the molecule is CC[C@@H](CN)C1CCC1(C)C. The standard InChI is InChI=1S/C10H21N/c1-4-8(7-11)9-5-6-10(9,2)3/h8-9H,4-7,11H2,1-3H3/t8-,9?/m0/s1. The zero-order chi connectivity index (χ0) is 8.48. The van der Waals surface area contributed by atoms with E-state index in [4.69, 9.17) is 5.73 Å². The van der Waals surface area contributed by atoms with Crippen molar-refractivity contribution < 1.29 is 0 Å². The van der Waals surface area contributed by atoms with Gasteiger partial charge in [0, 0.05) is 0 Å². The van der Waals surface area contributed by atoms with E-state index in [1.165, 1.54) is 19.3 Å². The predicted molar refractivity (Wildman–Crippen MR) is 49.3 cm³/mol. The van der Waals surface area contributed by atoms with Crippen molar-refractivity contribution in [3.63, 3.8) is 0 Å². The molecule has 1 aliphatic carbocycles. The third-order valence-electron chi connectivity index (χ3n) is 3.50. The van der Waals surface area contributed by atoms with Gasteiger partial charge in [-0.3, -0.25) is 0 Å². The van der Waals surface area contributed by atoms with Crippen molar-refractivity contribution >= 4 is 0 Å². The first kappa shape index (κ1) is 9.05. The lowest BCUT2D eigenvalue weighted by molar-refractivity contribution is 0.0213. The van der Waals surface area contributed by atoms with Gasteiger partial charge in [-0.15, -0.1) is 0 Å². The van der Waals surface area contributed by atoms with Crippen molar-refractivity contribution in [2.45, 2.75) is 40.0 Å². The van der Waals surface area contributed by atoms with Gasteiger partial charge >= 0.3 is 0 Å². The van der Waals surface area contributed by atoms with Crippen LogP contribution < -0.4 is 5.73 Å². The van der Waals surface area contributed by atoms with Gasteiger partial charge in [-0.05, 0) is 36.6 Å². The van der Waals surface area contributed by atoms with E-state index in [0.717, 1.165) is 18.4 Å². The molecular weight excluding hydrogens is 134 g/mol. The van der Waals surface area contributed by atoms with Gasteiger partial charge in [0.05, 0.1) is 0 Å². The minimum Gasteiger partial charge on any atom is -0.330 e. The van der Waals surface area contributed by atoms with Crippen molar-refractivity contribution in [1.29, 1.82) is 0 Å². The second-order valence-electron chi connectivity index (χ2n) is 4.54. The second kappa shape index (κ2) is 3.14. The van der Waals surface area contributed by atoms with Crippen LogP contribution in [-0.2, 0) is 0 Å². The van der Waals surface area contributed by atoms with E-state index in [-0.39, 0.29) is 0 Å². The van der Waals surface area contributed by atoms with Crippen LogP contribution in [0.1, 0.15) is 40.0 Å². The first-order valence-electron chi connectivity index (χ1n) is 4.82. The third kappa shape index (κ3) is 1.58. The summed E-state index contributed by atoms with van der Waals surface area (Å²) in [7, 11) is 0. The number of nitrogens with two attached hydrogens (primary N) is 1. The molecule has 1 saturated carbocycles. The molecule has 1 rings (SSSR count). The highest BCUT2D eigenvalue weighted by molar-refractivity contribution is 4.92. The molecule has 0 aliphatic heterocycles. The average molecular weight is 155 g/mol. The van der Waals surface area contributed by atoms with Crippen molar-refractivity contribution in [3.05, 3.63) is 0 Å². The van der Waals surface area contributed by atoms with Crippen LogP contribution in [-0.4, -0.2) is 6.54 Å². The van der Waals surface area contributed by atoms with Crippen LogP contribution in [0.4, 0.5) is 0 Å². The topological polar surface area (TPSA) is 26.0 Å². The van der Waals surface area contributed by atoms with Crippen LogP contribution in [0.25, 0.3) is 0 Å². The van der Waals surface area contributed by atoms with Gasteiger partial charge in [0.2, 0.25) is 0 Å². The summed E-state index contributed by atoms with van der Waals surface area (Å²) in [6.45, 7) is 7.88. The summed E-state index contributed by atoms with van der Waals surface area (Å²) in [4.78, 5) is 0. The van der Waals surface area contributed by atoms with Crippen LogP contribution in [0.5, 0.6) is 0 Å². The maximum atomic E-state index is 5.71. The van der Waals surface area contributed by atoms with Crippen molar-refractivity contribution in [1.82, 2.24) is 0 Å². The maximum absolute atomic E-state index is 5.71. The van der Waals surface area contributed by atoms with Gasteiger partial charge in [-0.1, -0.05) is 27.2 Å². The second-order valence-corrected chi connectivity index (χ2v) is 4.54. The highest BCUT2D eigenvalue weighted by Gasteiger charge is 2.41. The van der Waals surface area contributed by atoms with Crippen molar-refractivity contribution in [3.8, 4) is 0 Å². The largest absolute Gasteiger partial charge is 0.330 e. The Bertz CT molecular complexity index is 125. The maximum Gasteiger partial charge on any atom is -0.00461 e. The molecule has 0 radical (unpaired) electrons. The summed E-state index contributed by atoms with van der Waals surface area (Å²) in [6.07, 6.45) is 4.06. The minimum atomic E-state index is 0.583. The van der Waals surface area contributed by atoms with E-state index in [1.807, 2.05) is 0 Å². The summed E-state index contributed by atoms with van der Waals surface area (Å²) in [6, 6.07) is 0. The Kier molecular flexibility index (Phi) is 2.58. The molecule has 0 heterocycles. The molecule has 0 aromatic heterocycles. The molecule has 66 valence electrons. The van der Waals surface area contributed by atoms with Crippen LogP contribution in [0.2, 0.25) is 0 Å². The molecule has 0 aromatic rings. The molecule has 1 heteroatoms. The Labute approximate surface area is 70.4 Å². The summed E-state index contributed by atoms with van der Waals surface area (Å²) >= 11 is 0. The van der Waals surface area contributed by atoms with E-state index in [0.29, 0.717) is 5.41 Å². The lowest BCUT2D eigenvalue weighted by Gasteiger charge is -2.48.